The normalized spacial score (nSPS) is 21.0. The van der Waals surface area contributed by atoms with Crippen molar-refractivity contribution in [2.75, 3.05) is 6.61 Å². The van der Waals surface area contributed by atoms with E-state index in [1.54, 1.807) is 12.1 Å². The van der Waals surface area contributed by atoms with Crippen LogP contribution in [-0.4, -0.2) is 12.7 Å². The summed E-state index contributed by atoms with van der Waals surface area (Å²) in [5, 5.41) is 0. The van der Waals surface area contributed by atoms with Gasteiger partial charge in [-0.05, 0) is 50.2 Å². The Morgan fingerprint density at radius 1 is 1.23 bits per heavy atom. The fourth-order valence-corrected chi connectivity index (χ4v) is 3.73. The summed E-state index contributed by atoms with van der Waals surface area (Å²) in [6.45, 7) is 4.48. The van der Waals surface area contributed by atoms with Crippen molar-refractivity contribution in [3.05, 3.63) is 46.8 Å². The van der Waals surface area contributed by atoms with E-state index in [9.17, 15) is 13.2 Å². The highest BCUT2D eigenvalue weighted by molar-refractivity contribution is 5.37. The molecule has 0 N–H and O–H groups in total. The second-order valence-corrected chi connectivity index (χ2v) is 7.18. The smallest absolute Gasteiger partial charge is 0.266 e. The molecular weight excluding hydrogens is 337 g/mol. The number of hydrogen-bond donors (Lipinski definition) is 0. The second-order valence-electron chi connectivity index (χ2n) is 7.18. The van der Waals surface area contributed by atoms with E-state index >= 15 is 0 Å². The molecule has 1 nitrogen and oxygen atoms in total. The molecule has 1 saturated heterocycles. The zero-order valence-corrected chi connectivity index (χ0v) is 15.9. The maximum atomic E-state index is 14.9. The number of unbranched alkanes of at least 4 members (excludes halogenated alkanes) is 2. The number of allylic oxidation sites excluding steroid dienone is 2. The van der Waals surface area contributed by atoms with Crippen LogP contribution in [0.25, 0.3) is 0 Å². The lowest BCUT2D eigenvalue weighted by Gasteiger charge is -2.30. The number of alkyl halides is 2. The van der Waals surface area contributed by atoms with Crippen LogP contribution in [0.1, 0.15) is 87.8 Å². The first kappa shape index (κ1) is 21.0. The van der Waals surface area contributed by atoms with E-state index in [2.05, 4.69) is 6.92 Å². The van der Waals surface area contributed by atoms with Crippen molar-refractivity contribution in [2.45, 2.75) is 83.7 Å². The highest BCUT2D eigenvalue weighted by Gasteiger charge is 2.28. The van der Waals surface area contributed by atoms with E-state index in [1.807, 2.05) is 19.1 Å². The van der Waals surface area contributed by atoms with Gasteiger partial charge in [-0.1, -0.05) is 50.5 Å². The van der Waals surface area contributed by atoms with Crippen molar-refractivity contribution in [1.29, 1.82) is 0 Å². The van der Waals surface area contributed by atoms with Crippen molar-refractivity contribution in [3.8, 4) is 0 Å². The number of ether oxygens (including phenoxy) is 1. The van der Waals surface area contributed by atoms with E-state index in [0.29, 0.717) is 30.6 Å². The molecule has 146 valence electrons. The van der Waals surface area contributed by atoms with Gasteiger partial charge in [0, 0.05) is 5.92 Å². The lowest BCUT2D eigenvalue weighted by atomic mass is 9.87. The van der Waals surface area contributed by atoms with Crippen LogP contribution in [0.5, 0.6) is 0 Å². The van der Waals surface area contributed by atoms with Crippen LogP contribution < -0.4 is 0 Å². The largest absolute Gasteiger partial charge is 0.378 e. The monoisotopic (exact) mass is 368 g/mol. The number of halogens is 3. The molecule has 2 rings (SSSR count). The number of aryl methyl sites for hydroxylation is 1. The Morgan fingerprint density at radius 3 is 2.65 bits per heavy atom. The topological polar surface area (TPSA) is 9.23 Å². The fraction of sp³-hybridized carbons (Fsp3) is 0.636. The Kier molecular flexibility index (Phi) is 8.70. The molecule has 0 radical (unpaired) electrons. The molecule has 4 heteroatoms. The number of hydrogen-bond acceptors (Lipinski definition) is 1. The first-order valence-corrected chi connectivity index (χ1v) is 9.90. The van der Waals surface area contributed by atoms with E-state index < -0.39 is 17.8 Å². The lowest BCUT2D eigenvalue weighted by Crippen LogP contribution is -2.25. The molecule has 1 fully saturated rings. The van der Waals surface area contributed by atoms with E-state index in [4.69, 9.17) is 4.74 Å². The van der Waals surface area contributed by atoms with Gasteiger partial charge >= 0.3 is 0 Å². The van der Waals surface area contributed by atoms with Crippen molar-refractivity contribution in [3.63, 3.8) is 0 Å². The van der Waals surface area contributed by atoms with E-state index in [0.717, 1.165) is 25.7 Å². The SMILES string of the molecule is CC=CCCc1ccc(C2CCC(CCCCC)OC2)c(F)c1C(F)F. The van der Waals surface area contributed by atoms with Crippen LogP contribution in [0.3, 0.4) is 0 Å². The van der Waals surface area contributed by atoms with Crippen molar-refractivity contribution >= 4 is 0 Å². The Labute approximate surface area is 155 Å². The maximum absolute atomic E-state index is 14.9. The standard InChI is InChI=1S/C22H31F3O/c1-3-5-7-9-16-12-14-19(21(23)20(16)22(24)25)17-11-13-18(26-15-17)10-8-6-4-2/h3,5,12,14,17-18,22H,4,6-11,13,15H2,1-2H3. The molecule has 0 aromatic heterocycles. The van der Waals surface area contributed by atoms with Gasteiger partial charge in [-0.15, -0.1) is 0 Å². The Hall–Kier alpha value is -1.29. The Balaban J connectivity index is 2.07. The molecule has 1 aliphatic heterocycles. The van der Waals surface area contributed by atoms with Crippen LogP contribution in [0.15, 0.2) is 24.3 Å². The third-order valence-corrected chi connectivity index (χ3v) is 5.27. The first-order valence-electron chi connectivity index (χ1n) is 9.90. The third kappa shape index (κ3) is 5.60. The summed E-state index contributed by atoms with van der Waals surface area (Å²) in [6.07, 6.45) is 8.54. The average Bonchev–Trinajstić information content (AvgIpc) is 2.63. The van der Waals surface area contributed by atoms with Gasteiger partial charge in [0.15, 0.2) is 0 Å². The summed E-state index contributed by atoms with van der Waals surface area (Å²) in [7, 11) is 0. The van der Waals surface area contributed by atoms with Crippen molar-refractivity contribution < 1.29 is 17.9 Å². The molecule has 1 aromatic rings. The molecule has 0 aliphatic carbocycles. The van der Waals surface area contributed by atoms with Gasteiger partial charge in [0.2, 0.25) is 0 Å². The van der Waals surface area contributed by atoms with E-state index in [-0.39, 0.29) is 12.0 Å². The van der Waals surface area contributed by atoms with Gasteiger partial charge in [-0.25, -0.2) is 13.2 Å². The highest BCUT2D eigenvalue weighted by atomic mass is 19.3. The molecular formula is C22H31F3O. The van der Waals surface area contributed by atoms with Crippen LogP contribution in [0.2, 0.25) is 0 Å². The third-order valence-electron chi connectivity index (χ3n) is 5.27. The van der Waals surface area contributed by atoms with Crippen molar-refractivity contribution in [1.82, 2.24) is 0 Å². The van der Waals surface area contributed by atoms with Gasteiger partial charge in [0.05, 0.1) is 18.3 Å². The minimum Gasteiger partial charge on any atom is -0.378 e. The average molecular weight is 368 g/mol. The van der Waals surface area contributed by atoms with Crippen molar-refractivity contribution in [2.24, 2.45) is 0 Å². The van der Waals surface area contributed by atoms with Crippen LogP contribution in [0, 0.1) is 5.82 Å². The lowest BCUT2D eigenvalue weighted by molar-refractivity contribution is -0.00282. The van der Waals surface area contributed by atoms with Crippen LogP contribution in [0.4, 0.5) is 13.2 Å². The summed E-state index contributed by atoms with van der Waals surface area (Å²) in [6, 6.07) is 3.37. The number of benzene rings is 1. The fourth-order valence-electron chi connectivity index (χ4n) is 3.73. The van der Waals surface area contributed by atoms with Gasteiger partial charge < -0.3 is 4.74 Å². The quantitative estimate of drug-likeness (QED) is 0.333. The Morgan fingerprint density at radius 2 is 2.04 bits per heavy atom. The Bertz CT molecular complexity index is 575. The second kappa shape index (κ2) is 10.8. The minimum atomic E-state index is -2.79. The highest BCUT2D eigenvalue weighted by Crippen LogP contribution is 2.36. The van der Waals surface area contributed by atoms with Crippen LogP contribution in [-0.2, 0) is 11.2 Å². The molecule has 2 unspecified atom stereocenters. The maximum Gasteiger partial charge on any atom is 0.266 e. The summed E-state index contributed by atoms with van der Waals surface area (Å²) in [5.41, 5.74) is 0.382. The molecule has 1 aromatic carbocycles. The van der Waals surface area contributed by atoms with Gasteiger partial charge in [-0.2, -0.15) is 0 Å². The molecule has 0 bridgehead atoms. The molecule has 0 amide bonds. The van der Waals surface area contributed by atoms with Gasteiger partial charge in [0.1, 0.15) is 5.82 Å². The predicted octanol–water partition coefficient (Wildman–Crippen LogP) is 7.11. The zero-order valence-electron chi connectivity index (χ0n) is 15.9. The van der Waals surface area contributed by atoms with Gasteiger partial charge in [-0.3, -0.25) is 0 Å². The summed E-state index contributed by atoms with van der Waals surface area (Å²) >= 11 is 0. The summed E-state index contributed by atoms with van der Waals surface area (Å²) in [4.78, 5) is 0. The minimum absolute atomic E-state index is 0.125. The summed E-state index contributed by atoms with van der Waals surface area (Å²) in [5.74, 6) is -0.851. The molecule has 1 heterocycles. The molecule has 0 saturated carbocycles. The van der Waals surface area contributed by atoms with E-state index in [1.165, 1.54) is 12.8 Å². The summed E-state index contributed by atoms with van der Waals surface area (Å²) < 4.78 is 47.7. The predicted molar refractivity (Wildman–Crippen MR) is 100 cm³/mol. The number of rotatable bonds is 9. The molecule has 2 atom stereocenters. The van der Waals surface area contributed by atoms with Gasteiger partial charge in [0.25, 0.3) is 6.43 Å². The molecule has 1 aliphatic rings. The first-order chi connectivity index (χ1) is 12.6. The zero-order chi connectivity index (χ0) is 18.9. The molecule has 26 heavy (non-hydrogen) atoms. The van der Waals surface area contributed by atoms with Crippen LogP contribution >= 0.6 is 0 Å². The molecule has 0 spiro atoms.